The summed E-state index contributed by atoms with van der Waals surface area (Å²) in [6.45, 7) is 10.3. The summed E-state index contributed by atoms with van der Waals surface area (Å²) >= 11 is 0. The standard InChI is InChI=1S/C22H30N4O/c1-15-9-19(10-16(2)25-15)11-18-5-4-7-26(14-18)17(3)20-12-21-22(24-13-20)23-6-8-27-21/h9-10,12-13,17-18H,4-8,11,14H2,1-3H3,(H,23,24)/t17-,18+/m0/s1. The minimum atomic E-state index is 0.358. The number of pyridine rings is 2. The Morgan fingerprint density at radius 1 is 1.26 bits per heavy atom. The zero-order valence-corrected chi connectivity index (χ0v) is 16.7. The molecule has 144 valence electrons. The molecule has 0 spiro atoms. The van der Waals surface area contributed by atoms with Crippen LogP contribution >= 0.6 is 0 Å². The Hall–Kier alpha value is -2.14. The molecule has 5 nitrogen and oxygen atoms in total. The van der Waals surface area contributed by atoms with E-state index in [2.05, 4.69) is 59.2 Å². The van der Waals surface area contributed by atoms with Crippen molar-refractivity contribution in [1.29, 1.82) is 0 Å². The lowest BCUT2D eigenvalue weighted by Crippen LogP contribution is -2.38. The molecule has 4 rings (SSSR count). The molecule has 0 unspecified atom stereocenters. The topological polar surface area (TPSA) is 50.3 Å². The maximum atomic E-state index is 5.77. The molecule has 5 heteroatoms. The third kappa shape index (κ3) is 4.24. The highest BCUT2D eigenvalue weighted by molar-refractivity contribution is 5.52. The van der Waals surface area contributed by atoms with Gasteiger partial charge in [-0.1, -0.05) is 0 Å². The third-order valence-electron chi connectivity index (χ3n) is 5.77. The first-order valence-corrected chi connectivity index (χ1v) is 10.1. The van der Waals surface area contributed by atoms with Gasteiger partial charge in [-0.15, -0.1) is 0 Å². The number of nitrogens with zero attached hydrogens (tertiary/aromatic N) is 3. The van der Waals surface area contributed by atoms with Gasteiger partial charge in [0.2, 0.25) is 0 Å². The van der Waals surface area contributed by atoms with Crippen LogP contribution in [0.25, 0.3) is 0 Å². The summed E-state index contributed by atoms with van der Waals surface area (Å²) in [4.78, 5) is 11.7. The Kier molecular flexibility index (Phi) is 5.30. The summed E-state index contributed by atoms with van der Waals surface area (Å²) in [6, 6.07) is 7.01. The molecule has 0 saturated carbocycles. The van der Waals surface area contributed by atoms with E-state index in [4.69, 9.17) is 4.74 Å². The van der Waals surface area contributed by atoms with Gasteiger partial charge in [0.1, 0.15) is 6.61 Å². The molecular formula is C22H30N4O. The summed E-state index contributed by atoms with van der Waals surface area (Å²) in [5.41, 5.74) is 4.92. The van der Waals surface area contributed by atoms with E-state index in [0.717, 1.165) is 49.0 Å². The minimum absolute atomic E-state index is 0.358. The zero-order valence-electron chi connectivity index (χ0n) is 16.7. The number of fused-ring (bicyclic) bond motifs is 1. The Morgan fingerprint density at radius 2 is 2.07 bits per heavy atom. The largest absolute Gasteiger partial charge is 0.488 e. The lowest BCUT2D eigenvalue weighted by atomic mass is 9.90. The molecule has 0 aliphatic carbocycles. The van der Waals surface area contributed by atoms with E-state index >= 15 is 0 Å². The van der Waals surface area contributed by atoms with Crippen molar-refractivity contribution in [2.75, 3.05) is 31.6 Å². The molecule has 2 atom stereocenters. The highest BCUT2D eigenvalue weighted by atomic mass is 16.5. The van der Waals surface area contributed by atoms with Crippen LogP contribution in [0, 0.1) is 19.8 Å². The summed E-state index contributed by atoms with van der Waals surface area (Å²) in [5.74, 6) is 2.46. The molecule has 1 saturated heterocycles. The predicted molar refractivity (Wildman–Crippen MR) is 108 cm³/mol. The van der Waals surface area contributed by atoms with Gasteiger partial charge in [0.25, 0.3) is 0 Å². The fourth-order valence-corrected chi connectivity index (χ4v) is 4.46. The average Bonchev–Trinajstić information content (AvgIpc) is 2.66. The van der Waals surface area contributed by atoms with Gasteiger partial charge in [0.05, 0.1) is 6.54 Å². The van der Waals surface area contributed by atoms with Crippen LogP contribution in [0.4, 0.5) is 5.82 Å². The van der Waals surface area contributed by atoms with Crippen LogP contribution in [-0.4, -0.2) is 41.1 Å². The van der Waals surface area contributed by atoms with Crippen LogP contribution < -0.4 is 10.1 Å². The Morgan fingerprint density at radius 3 is 2.89 bits per heavy atom. The van der Waals surface area contributed by atoms with Crippen molar-refractivity contribution in [2.24, 2.45) is 5.92 Å². The number of hydrogen-bond acceptors (Lipinski definition) is 5. The van der Waals surface area contributed by atoms with Gasteiger partial charge in [0, 0.05) is 30.2 Å². The van der Waals surface area contributed by atoms with Gasteiger partial charge in [0.15, 0.2) is 11.6 Å². The Balaban J connectivity index is 1.44. The number of rotatable bonds is 4. The molecular weight excluding hydrogens is 336 g/mol. The maximum Gasteiger partial charge on any atom is 0.168 e. The summed E-state index contributed by atoms with van der Waals surface area (Å²) in [7, 11) is 0. The van der Waals surface area contributed by atoms with Crippen LogP contribution in [0.2, 0.25) is 0 Å². The van der Waals surface area contributed by atoms with Crippen molar-refractivity contribution in [3.8, 4) is 5.75 Å². The average molecular weight is 367 g/mol. The number of aromatic nitrogens is 2. The molecule has 2 aliphatic heterocycles. The SMILES string of the molecule is Cc1cc(C[C@H]2CCCN([C@@H](C)c3cnc4c(c3)OCCN4)C2)cc(C)n1. The number of anilines is 1. The van der Waals surface area contributed by atoms with Crippen LogP contribution in [-0.2, 0) is 6.42 Å². The number of aryl methyl sites for hydroxylation is 2. The smallest absolute Gasteiger partial charge is 0.168 e. The lowest BCUT2D eigenvalue weighted by Gasteiger charge is -2.37. The van der Waals surface area contributed by atoms with Crippen molar-refractivity contribution in [3.63, 3.8) is 0 Å². The van der Waals surface area contributed by atoms with E-state index in [1.165, 1.54) is 24.0 Å². The van der Waals surface area contributed by atoms with E-state index < -0.39 is 0 Å². The fraction of sp³-hybridized carbons (Fsp3) is 0.545. The van der Waals surface area contributed by atoms with Gasteiger partial charge in [-0.2, -0.15) is 0 Å². The van der Waals surface area contributed by atoms with Crippen LogP contribution in [0.1, 0.15) is 48.3 Å². The fourth-order valence-electron chi connectivity index (χ4n) is 4.46. The predicted octanol–water partition coefficient (Wildman–Crippen LogP) is 3.91. The maximum absolute atomic E-state index is 5.77. The van der Waals surface area contributed by atoms with Crippen molar-refractivity contribution >= 4 is 5.82 Å². The normalized spacial score (nSPS) is 21.1. The van der Waals surface area contributed by atoms with Gasteiger partial charge in [-0.25, -0.2) is 4.98 Å². The van der Waals surface area contributed by atoms with E-state index in [9.17, 15) is 0 Å². The molecule has 4 heterocycles. The Labute approximate surface area is 162 Å². The highest BCUT2D eigenvalue weighted by Crippen LogP contribution is 2.32. The minimum Gasteiger partial charge on any atom is -0.488 e. The molecule has 0 radical (unpaired) electrons. The van der Waals surface area contributed by atoms with E-state index in [1.54, 1.807) is 0 Å². The molecule has 27 heavy (non-hydrogen) atoms. The van der Waals surface area contributed by atoms with E-state index in [-0.39, 0.29) is 0 Å². The second-order valence-corrected chi connectivity index (χ2v) is 8.03. The molecule has 2 aromatic heterocycles. The first kappa shape index (κ1) is 18.2. The summed E-state index contributed by atoms with van der Waals surface area (Å²) in [6.07, 6.45) is 5.71. The zero-order chi connectivity index (χ0) is 18.8. The molecule has 2 aliphatic rings. The van der Waals surface area contributed by atoms with Crippen LogP contribution in [0.5, 0.6) is 5.75 Å². The van der Waals surface area contributed by atoms with E-state index in [1.807, 2.05) is 6.20 Å². The third-order valence-corrected chi connectivity index (χ3v) is 5.77. The molecule has 0 amide bonds. The lowest BCUT2D eigenvalue weighted by molar-refractivity contribution is 0.131. The Bertz CT molecular complexity index is 787. The van der Waals surface area contributed by atoms with Crippen LogP contribution in [0.15, 0.2) is 24.4 Å². The van der Waals surface area contributed by atoms with E-state index in [0.29, 0.717) is 18.6 Å². The van der Waals surface area contributed by atoms with Gasteiger partial charge in [-0.05, 0) is 81.8 Å². The van der Waals surface area contributed by atoms with Crippen molar-refractivity contribution in [1.82, 2.24) is 14.9 Å². The summed E-state index contributed by atoms with van der Waals surface area (Å²) in [5, 5.41) is 3.30. The quantitative estimate of drug-likeness (QED) is 0.889. The van der Waals surface area contributed by atoms with Crippen LogP contribution in [0.3, 0.4) is 0 Å². The van der Waals surface area contributed by atoms with Gasteiger partial charge < -0.3 is 10.1 Å². The van der Waals surface area contributed by atoms with Crippen molar-refractivity contribution in [2.45, 2.75) is 46.1 Å². The molecule has 0 bridgehead atoms. The van der Waals surface area contributed by atoms with Gasteiger partial charge >= 0.3 is 0 Å². The first-order valence-electron chi connectivity index (χ1n) is 10.1. The first-order chi connectivity index (χ1) is 13.1. The highest BCUT2D eigenvalue weighted by Gasteiger charge is 2.26. The number of likely N-dealkylation sites (tertiary alicyclic amines) is 1. The molecule has 1 N–H and O–H groups in total. The second kappa shape index (κ2) is 7.85. The number of piperidine rings is 1. The monoisotopic (exact) mass is 366 g/mol. The second-order valence-electron chi connectivity index (χ2n) is 8.03. The number of hydrogen-bond donors (Lipinski definition) is 1. The van der Waals surface area contributed by atoms with Crippen molar-refractivity contribution in [3.05, 3.63) is 46.9 Å². The molecule has 1 fully saturated rings. The number of ether oxygens (including phenoxy) is 1. The van der Waals surface area contributed by atoms with Gasteiger partial charge in [-0.3, -0.25) is 9.88 Å². The molecule has 0 aromatic carbocycles. The van der Waals surface area contributed by atoms with Crippen molar-refractivity contribution < 1.29 is 4.74 Å². The summed E-state index contributed by atoms with van der Waals surface area (Å²) < 4.78 is 5.77. The molecule has 2 aromatic rings. The number of nitrogens with one attached hydrogen (secondary N) is 1.